The molecule has 1 aromatic carbocycles. The molecule has 3 nitrogen and oxygen atoms in total. The number of ether oxygens (including phenoxy) is 1. The molecular formula is C17H22N2O. The van der Waals surface area contributed by atoms with Crippen molar-refractivity contribution in [3.8, 4) is 0 Å². The molecule has 0 unspecified atom stereocenters. The average Bonchev–Trinajstić information content (AvgIpc) is 2.83. The summed E-state index contributed by atoms with van der Waals surface area (Å²) in [5.74, 6) is 0. The molecule has 2 heterocycles. The van der Waals surface area contributed by atoms with Gasteiger partial charge in [-0.25, -0.2) is 0 Å². The Hall–Kier alpha value is -1.32. The Morgan fingerprint density at radius 3 is 2.70 bits per heavy atom. The summed E-state index contributed by atoms with van der Waals surface area (Å²) in [7, 11) is 0. The van der Waals surface area contributed by atoms with Crippen molar-refractivity contribution >= 4 is 10.9 Å². The fraction of sp³-hybridized carbons (Fsp3) is 0.529. The molecule has 1 spiro atoms. The van der Waals surface area contributed by atoms with Gasteiger partial charge in [0.2, 0.25) is 0 Å². The highest BCUT2D eigenvalue weighted by molar-refractivity contribution is 5.85. The monoisotopic (exact) mass is 270 g/mol. The van der Waals surface area contributed by atoms with E-state index in [9.17, 15) is 0 Å². The number of fused-ring (bicyclic) bond motifs is 4. The van der Waals surface area contributed by atoms with Crippen LogP contribution in [-0.4, -0.2) is 17.1 Å². The first-order chi connectivity index (χ1) is 9.60. The van der Waals surface area contributed by atoms with Crippen molar-refractivity contribution in [1.29, 1.82) is 0 Å². The lowest BCUT2D eigenvalue weighted by atomic mass is 9.72. The minimum absolute atomic E-state index is 0.0295. The van der Waals surface area contributed by atoms with Crippen LogP contribution in [0.3, 0.4) is 0 Å². The fourth-order valence-corrected chi connectivity index (χ4v) is 3.89. The van der Waals surface area contributed by atoms with Gasteiger partial charge in [-0.15, -0.1) is 0 Å². The van der Waals surface area contributed by atoms with Crippen molar-refractivity contribution in [2.24, 2.45) is 5.73 Å². The van der Waals surface area contributed by atoms with Gasteiger partial charge in [0.1, 0.15) is 5.60 Å². The third kappa shape index (κ3) is 1.73. The summed E-state index contributed by atoms with van der Waals surface area (Å²) < 4.78 is 6.27. The largest absolute Gasteiger partial charge is 0.368 e. The van der Waals surface area contributed by atoms with Crippen LogP contribution in [-0.2, 0) is 16.8 Å². The van der Waals surface area contributed by atoms with Gasteiger partial charge in [0.15, 0.2) is 0 Å². The van der Waals surface area contributed by atoms with Crippen molar-refractivity contribution in [3.05, 3.63) is 35.5 Å². The third-order valence-corrected chi connectivity index (χ3v) is 5.20. The molecule has 1 fully saturated rings. The maximum Gasteiger partial charge on any atom is 0.108 e. The first-order valence-electron chi connectivity index (χ1n) is 7.63. The molecule has 2 aliphatic rings. The molecule has 1 aromatic heterocycles. The molecule has 4 rings (SSSR count). The fourth-order valence-electron chi connectivity index (χ4n) is 3.89. The lowest BCUT2D eigenvalue weighted by Crippen LogP contribution is -2.48. The van der Waals surface area contributed by atoms with E-state index >= 15 is 0 Å². The van der Waals surface area contributed by atoms with Crippen molar-refractivity contribution in [3.63, 3.8) is 0 Å². The molecule has 0 saturated heterocycles. The Kier molecular flexibility index (Phi) is 2.54. The van der Waals surface area contributed by atoms with Gasteiger partial charge in [0.05, 0.1) is 12.3 Å². The van der Waals surface area contributed by atoms with Gasteiger partial charge in [0, 0.05) is 16.4 Å². The number of nitrogens with one attached hydrogen (secondary N) is 1. The number of hydrogen-bond acceptors (Lipinski definition) is 2. The van der Waals surface area contributed by atoms with Gasteiger partial charge in [-0.3, -0.25) is 0 Å². The zero-order valence-electron chi connectivity index (χ0n) is 12.0. The van der Waals surface area contributed by atoms with E-state index in [1.54, 1.807) is 0 Å². The number of nitrogens with two attached hydrogens (primary N) is 1. The highest BCUT2D eigenvalue weighted by Crippen LogP contribution is 2.47. The molecule has 0 bridgehead atoms. The van der Waals surface area contributed by atoms with Crippen LogP contribution >= 0.6 is 0 Å². The van der Waals surface area contributed by atoms with Gasteiger partial charge in [0.25, 0.3) is 0 Å². The van der Waals surface area contributed by atoms with E-state index in [0.29, 0.717) is 0 Å². The van der Waals surface area contributed by atoms with Crippen LogP contribution in [0.1, 0.15) is 43.9 Å². The van der Waals surface area contributed by atoms with Crippen molar-refractivity contribution < 1.29 is 4.74 Å². The topological polar surface area (TPSA) is 51.0 Å². The predicted molar refractivity (Wildman–Crippen MR) is 80.7 cm³/mol. The normalized spacial score (nSPS) is 33.5. The Balaban J connectivity index is 1.82. The highest BCUT2D eigenvalue weighted by atomic mass is 16.5. The summed E-state index contributed by atoms with van der Waals surface area (Å²) in [6, 6.07) is 8.60. The van der Waals surface area contributed by atoms with E-state index in [1.165, 1.54) is 22.2 Å². The minimum atomic E-state index is -0.120. The van der Waals surface area contributed by atoms with Crippen molar-refractivity contribution in [1.82, 2.24) is 4.98 Å². The number of aromatic nitrogens is 1. The van der Waals surface area contributed by atoms with Crippen LogP contribution in [0, 0.1) is 0 Å². The lowest BCUT2D eigenvalue weighted by molar-refractivity contribution is -0.0963. The molecule has 0 amide bonds. The third-order valence-electron chi connectivity index (χ3n) is 5.20. The Morgan fingerprint density at radius 1 is 1.15 bits per heavy atom. The first kappa shape index (κ1) is 12.4. The molecule has 20 heavy (non-hydrogen) atoms. The summed E-state index contributed by atoms with van der Waals surface area (Å²) in [5, 5.41) is 1.37. The number of rotatable bonds is 0. The second-order valence-electron chi connectivity index (χ2n) is 6.77. The average molecular weight is 270 g/mol. The van der Waals surface area contributed by atoms with Crippen LogP contribution in [0.5, 0.6) is 0 Å². The summed E-state index contributed by atoms with van der Waals surface area (Å²) in [6.45, 7) is 2.99. The van der Waals surface area contributed by atoms with Crippen LogP contribution in [0.2, 0.25) is 0 Å². The first-order valence-corrected chi connectivity index (χ1v) is 7.63. The van der Waals surface area contributed by atoms with Gasteiger partial charge < -0.3 is 15.5 Å². The standard InChI is InChI=1S/C17H22N2O/c1-16(18)7-9-17(10-8-16)15-13(6-11-20-17)12-4-2-3-5-14(12)19-15/h2-5,19H,6-11,18H2,1H3. The number of aromatic amines is 1. The zero-order chi connectivity index (χ0) is 13.8. The molecular weight excluding hydrogens is 248 g/mol. The number of benzene rings is 1. The maximum atomic E-state index is 6.30. The predicted octanol–water partition coefficient (Wildman–Crippen LogP) is 3.23. The van der Waals surface area contributed by atoms with Crippen LogP contribution < -0.4 is 5.73 Å². The lowest BCUT2D eigenvalue weighted by Gasteiger charge is -2.45. The van der Waals surface area contributed by atoms with E-state index in [1.807, 2.05) is 0 Å². The molecule has 3 N–H and O–H groups in total. The SMILES string of the molecule is CC1(N)CCC2(CC1)OCCc1c2[nH]c2ccccc12. The van der Waals surface area contributed by atoms with Gasteiger partial charge in [-0.05, 0) is 50.7 Å². The number of para-hydroxylation sites is 1. The molecule has 2 aromatic rings. The highest BCUT2D eigenvalue weighted by Gasteiger charge is 2.45. The Morgan fingerprint density at radius 2 is 1.90 bits per heavy atom. The molecule has 1 aliphatic carbocycles. The maximum absolute atomic E-state index is 6.30. The van der Waals surface area contributed by atoms with E-state index in [-0.39, 0.29) is 11.1 Å². The number of hydrogen-bond donors (Lipinski definition) is 2. The summed E-state index contributed by atoms with van der Waals surface area (Å²) in [6.07, 6.45) is 5.13. The Labute approximate surface area is 119 Å². The van der Waals surface area contributed by atoms with Crippen molar-refractivity contribution in [2.75, 3.05) is 6.61 Å². The second-order valence-corrected chi connectivity index (χ2v) is 6.77. The van der Waals surface area contributed by atoms with E-state index in [0.717, 1.165) is 38.7 Å². The van der Waals surface area contributed by atoms with Gasteiger partial charge >= 0.3 is 0 Å². The summed E-state index contributed by atoms with van der Waals surface area (Å²) in [5.41, 5.74) is 10.2. The van der Waals surface area contributed by atoms with E-state index < -0.39 is 0 Å². The Bertz CT molecular complexity index is 646. The van der Waals surface area contributed by atoms with Gasteiger partial charge in [-0.1, -0.05) is 18.2 Å². The summed E-state index contributed by atoms with van der Waals surface area (Å²) in [4.78, 5) is 3.64. The molecule has 0 atom stereocenters. The molecule has 1 saturated carbocycles. The van der Waals surface area contributed by atoms with E-state index in [2.05, 4.69) is 36.2 Å². The second kappa shape index (κ2) is 4.09. The molecule has 0 radical (unpaired) electrons. The molecule has 1 aliphatic heterocycles. The minimum Gasteiger partial charge on any atom is -0.368 e. The van der Waals surface area contributed by atoms with Gasteiger partial charge in [-0.2, -0.15) is 0 Å². The molecule has 106 valence electrons. The van der Waals surface area contributed by atoms with Crippen LogP contribution in [0.25, 0.3) is 10.9 Å². The smallest absolute Gasteiger partial charge is 0.108 e. The number of H-pyrrole nitrogens is 1. The quantitative estimate of drug-likeness (QED) is 0.772. The van der Waals surface area contributed by atoms with E-state index in [4.69, 9.17) is 10.5 Å². The van der Waals surface area contributed by atoms with Crippen molar-refractivity contribution in [2.45, 2.75) is 50.2 Å². The molecule has 3 heteroatoms. The zero-order valence-corrected chi connectivity index (χ0v) is 12.0. The van der Waals surface area contributed by atoms with Crippen LogP contribution in [0.4, 0.5) is 0 Å². The van der Waals surface area contributed by atoms with Crippen LogP contribution in [0.15, 0.2) is 24.3 Å². The summed E-state index contributed by atoms with van der Waals surface area (Å²) >= 11 is 0.